The largest absolute Gasteiger partial charge is 0.572 e. The molecule has 0 aliphatic carbocycles. The molecule has 12 atom stereocenters. The van der Waals surface area contributed by atoms with Crippen LogP contribution >= 0.6 is 0 Å². The molecule has 0 aromatic rings. The summed E-state index contributed by atoms with van der Waals surface area (Å²) in [6, 6.07) is 0. The van der Waals surface area contributed by atoms with Crippen molar-refractivity contribution < 1.29 is 357 Å². The van der Waals surface area contributed by atoms with Crippen LogP contribution in [0.2, 0.25) is 0 Å². The first-order chi connectivity index (χ1) is 35.6. The molecule has 2 saturated heterocycles. The first kappa shape index (κ1) is 106. The zero-order valence-corrected chi connectivity index (χ0v) is 78.3. The molecule has 2 aliphatic rings. The summed E-state index contributed by atoms with van der Waals surface area (Å²) < 4.78 is 30.6. The van der Waals surface area contributed by atoms with Crippen molar-refractivity contribution in [2.24, 2.45) is 29.6 Å². The average Bonchev–Trinajstić information content (AvgIpc) is 3.36. The Bertz CT molecular complexity index is 1590. The number of carbonyl (C=O) groups excluding carboxylic acids is 6. The van der Waals surface area contributed by atoms with Crippen LogP contribution in [0, 0.1) is 49.5 Å². The molecule has 0 amide bonds. The van der Waals surface area contributed by atoms with Crippen LogP contribution in [0.4, 0.5) is 0 Å². The van der Waals surface area contributed by atoms with Gasteiger partial charge in [-0.25, -0.2) is 6.61 Å². The molecule has 2 fully saturated rings. The van der Waals surface area contributed by atoms with Crippen LogP contribution in [-0.2, 0) is 347 Å². The fraction of sp³-hybridized carbons (Fsp3) is 0.852. The molecule has 12 unspecified atom stereocenters. The number of ether oxygens (including phenoxy) is 5. The van der Waals surface area contributed by atoms with Crippen molar-refractivity contribution in [2.75, 3.05) is 6.61 Å². The van der Waals surface area contributed by atoms with Gasteiger partial charge in [0.25, 0.3) is 0 Å². The molecule has 9 radical (unpaired) electrons. The van der Waals surface area contributed by atoms with Gasteiger partial charge in [0, 0.05) is 358 Å². The van der Waals surface area contributed by atoms with Gasteiger partial charge in [0.05, 0.1) is 12.2 Å². The van der Waals surface area contributed by atoms with Gasteiger partial charge in [-0.3, -0.25) is 28.8 Å². The van der Waals surface area contributed by atoms with Crippen molar-refractivity contribution in [1.82, 2.24) is 0 Å². The standard InChI is InChI=1S/C61H105O13.9Y/c1-9-15-17-19-21-23-25-27-29-31-49(63)37-50(64)33-46-35-56(70-42-47(46)34-51(65)36-48(62)11-3)43-71-61-58(41-52(66)38-54(12-4)73-59(68)13-5)57(44(7)45(8)72-61)40-53(67)39-55(74-60(69)14-6)32-30-28-26-24-22-20-18-16-10-2;;;;;;;;;/h35,42,44-49,54-58,61-63H,8-34,36-41,43H2,1-7H3;;;;;;;;;/q-3;;;;;;;;;. The van der Waals surface area contributed by atoms with E-state index in [0.717, 1.165) is 38.5 Å². The van der Waals surface area contributed by atoms with E-state index in [1.165, 1.54) is 77.0 Å². The molecular formula is C61H105O13Y9-3. The van der Waals surface area contributed by atoms with E-state index in [9.17, 15) is 39.0 Å². The van der Waals surface area contributed by atoms with Gasteiger partial charge in [0.2, 0.25) is 0 Å². The van der Waals surface area contributed by atoms with Crippen molar-refractivity contribution in [3.05, 3.63) is 20.0 Å². The number of hydrogen-bond acceptors (Lipinski definition) is 13. The van der Waals surface area contributed by atoms with E-state index in [-0.39, 0.29) is 406 Å². The van der Waals surface area contributed by atoms with E-state index in [1.807, 2.05) is 27.2 Å². The summed E-state index contributed by atoms with van der Waals surface area (Å²) in [5.41, 5.74) is 0. The van der Waals surface area contributed by atoms with Crippen molar-refractivity contribution in [2.45, 2.75) is 297 Å². The maximum atomic E-state index is 14.2. The average molecular weight is 1850 g/mol. The molecule has 22 heteroatoms. The third-order valence-electron chi connectivity index (χ3n) is 15.4. The van der Waals surface area contributed by atoms with Crippen LogP contribution < -0.4 is 0 Å². The number of hydrogen-bond donors (Lipinski definition) is 2. The Morgan fingerprint density at radius 2 is 0.904 bits per heavy atom. The summed E-state index contributed by atoms with van der Waals surface area (Å²) in [5.74, 6) is -3.33. The van der Waals surface area contributed by atoms with Crippen LogP contribution in [0.1, 0.15) is 254 Å². The number of Topliss-reactive ketones (excluding diaryl/α,β-unsaturated/α-hetero) is 4. The first-order valence-corrected chi connectivity index (χ1v) is 29.8. The minimum Gasteiger partial charge on any atom is -0.572 e. The van der Waals surface area contributed by atoms with Gasteiger partial charge < -0.3 is 47.2 Å². The van der Waals surface area contributed by atoms with Crippen LogP contribution in [0.25, 0.3) is 0 Å². The second-order valence-corrected chi connectivity index (χ2v) is 22.0. The Balaban J connectivity index is -0.00000104. The fourth-order valence-corrected chi connectivity index (χ4v) is 10.5. The predicted molar refractivity (Wildman–Crippen MR) is 290 cm³/mol. The molecule has 0 aromatic carbocycles. The molecular weight excluding hydrogens is 1740 g/mol. The van der Waals surface area contributed by atoms with Gasteiger partial charge in [-0.1, -0.05) is 170 Å². The minimum absolute atomic E-state index is 0. The zero-order chi connectivity index (χ0) is 54.7. The molecule has 2 rings (SSSR count). The molecule has 0 saturated carbocycles. The van der Waals surface area contributed by atoms with Crippen LogP contribution in [0.3, 0.4) is 0 Å². The summed E-state index contributed by atoms with van der Waals surface area (Å²) in [5, 5.41) is 21.1. The van der Waals surface area contributed by atoms with Crippen LogP contribution in [-0.4, -0.2) is 94.8 Å². The second kappa shape index (κ2) is 67.9. The van der Waals surface area contributed by atoms with E-state index >= 15 is 0 Å². The number of carbonyl (C=O) groups is 6. The van der Waals surface area contributed by atoms with E-state index in [1.54, 1.807) is 20.5 Å². The van der Waals surface area contributed by atoms with E-state index in [2.05, 4.69) is 20.8 Å². The summed E-state index contributed by atoms with van der Waals surface area (Å²) in [6.07, 6.45) is 20.5. The summed E-state index contributed by atoms with van der Waals surface area (Å²) in [6.45, 7) is 19.4. The topological polar surface area (TPSA) is 189 Å². The Morgan fingerprint density at radius 1 is 0.494 bits per heavy atom. The van der Waals surface area contributed by atoms with Crippen molar-refractivity contribution in [1.29, 1.82) is 0 Å². The smallest absolute Gasteiger partial charge is 0.305 e. The van der Waals surface area contributed by atoms with Crippen molar-refractivity contribution in [3.8, 4) is 0 Å². The molecule has 0 aromatic heterocycles. The van der Waals surface area contributed by atoms with Crippen LogP contribution in [0.15, 0.2) is 0 Å². The number of ketones is 4. The monoisotopic (exact) mass is 1850 g/mol. The quantitative estimate of drug-likeness (QED) is 0.0333. The van der Waals surface area contributed by atoms with E-state index < -0.39 is 66.6 Å². The Morgan fingerprint density at radius 3 is 1.37 bits per heavy atom. The van der Waals surface area contributed by atoms with Gasteiger partial charge in [-0.15, -0.1) is 0 Å². The maximum absolute atomic E-state index is 14.2. The maximum Gasteiger partial charge on any atom is 0.305 e. The predicted octanol–water partition coefficient (Wildman–Crippen LogP) is 12.8. The number of unbranched alkanes of at least 4 members (excludes halogenated alkanes) is 16. The van der Waals surface area contributed by atoms with Gasteiger partial charge in [0.15, 0.2) is 6.29 Å². The molecule has 83 heavy (non-hydrogen) atoms. The van der Waals surface area contributed by atoms with Crippen LogP contribution in [0.5, 0.6) is 0 Å². The number of aliphatic hydroxyl groups excluding tert-OH is 2. The van der Waals surface area contributed by atoms with Crippen molar-refractivity contribution in [3.63, 3.8) is 0 Å². The third kappa shape index (κ3) is 51.2. The molecule has 2 N–H and O–H groups in total. The number of rotatable bonds is 45. The summed E-state index contributed by atoms with van der Waals surface area (Å²) in [7, 11) is 0. The summed E-state index contributed by atoms with van der Waals surface area (Å²) >= 11 is 0. The molecule has 13 nitrogen and oxygen atoms in total. The van der Waals surface area contributed by atoms with Gasteiger partial charge in [-0.2, -0.15) is 11.8 Å². The Hall–Kier alpha value is 7.36. The van der Waals surface area contributed by atoms with E-state index in [4.69, 9.17) is 23.7 Å². The normalized spacial score (nSPS) is 21.1. The minimum atomic E-state index is -0.979. The number of esters is 2. The SMILES string of the molecule is [CH2-]C1OC(OCC2[CH-]C(CC(=O)CC(O)CCCCCCCCCCC)C(CC(=O)CC(O)CC)[CH-]O2)C(CC(=O)CC(CC)OC(=O)CC)C(CC(=O)CC(CCCCCCCCCCC)OC(=O)CC)C1C.[Y].[Y].[Y].[Y].[Y].[Y].[Y].[Y].[Y]. The third-order valence-corrected chi connectivity index (χ3v) is 15.4. The molecule has 2 aliphatic heterocycles. The van der Waals surface area contributed by atoms with Gasteiger partial charge >= 0.3 is 11.9 Å². The second-order valence-electron chi connectivity index (χ2n) is 22.0. The fourth-order valence-electron chi connectivity index (χ4n) is 10.5. The summed E-state index contributed by atoms with van der Waals surface area (Å²) in [4.78, 5) is 79.7. The Labute approximate surface area is 731 Å². The molecule has 457 valence electrons. The zero-order valence-electron chi connectivity index (χ0n) is 52.7. The van der Waals surface area contributed by atoms with E-state index in [0.29, 0.717) is 25.7 Å². The molecule has 0 bridgehead atoms. The number of aliphatic hydroxyl groups is 2. The Kier molecular flexibility index (Phi) is 87.0. The molecule has 2 heterocycles. The first-order valence-electron chi connectivity index (χ1n) is 29.8. The molecule has 0 spiro atoms. The van der Waals surface area contributed by atoms with Gasteiger partial charge in [0.1, 0.15) is 35.3 Å². The van der Waals surface area contributed by atoms with Crippen molar-refractivity contribution >= 4 is 35.1 Å². The van der Waals surface area contributed by atoms with Gasteiger partial charge in [-0.05, 0) is 56.8 Å².